The molecule has 0 aliphatic heterocycles. The van der Waals surface area contributed by atoms with Crippen molar-refractivity contribution >= 4 is 0 Å². The van der Waals surface area contributed by atoms with Crippen molar-refractivity contribution in [2.75, 3.05) is 0 Å². The average Bonchev–Trinajstić information content (AvgIpc) is 2.47. The van der Waals surface area contributed by atoms with Crippen molar-refractivity contribution in [3.8, 4) is 0 Å². The molecule has 112 valence electrons. The molecule has 0 aliphatic carbocycles. The van der Waals surface area contributed by atoms with E-state index in [-0.39, 0.29) is 12.1 Å². The molecule has 21 heavy (non-hydrogen) atoms. The first-order chi connectivity index (χ1) is 9.88. The van der Waals surface area contributed by atoms with Crippen molar-refractivity contribution in [3.63, 3.8) is 0 Å². The standard InChI is InChI=1S/C16H17F3N2/c1-11(21-12(2)14-7-9-20-10-8-14)13-3-5-15(6-4-13)16(17,18)19/h3-12,21H,1-2H3. The zero-order chi connectivity index (χ0) is 15.5. The first-order valence-corrected chi connectivity index (χ1v) is 6.71. The maximum absolute atomic E-state index is 12.5. The number of nitrogens with one attached hydrogen (secondary N) is 1. The van der Waals surface area contributed by atoms with Gasteiger partial charge in [0.15, 0.2) is 0 Å². The van der Waals surface area contributed by atoms with Crippen LogP contribution in [0.2, 0.25) is 0 Å². The average molecular weight is 294 g/mol. The number of hydrogen-bond acceptors (Lipinski definition) is 2. The van der Waals surface area contributed by atoms with Gasteiger partial charge in [0.2, 0.25) is 0 Å². The van der Waals surface area contributed by atoms with Gasteiger partial charge in [-0.25, -0.2) is 0 Å². The lowest BCUT2D eigenvalue weighted by atomic mass is 10.0. The fourth-order valence-corrected chi connectivity index (χ4v) is 2.18. The molecule has 5 heteroatoms. The summed E-state index contributed by atoms with van der Waals surface area (Å²) in [6, 6.07) is 9.13. The Morgan fingerprint density at radius 3 is 1.81 bits per heavy atom. The highest BCUT2D eigenvalue weighted by Crippen LogP contribution is 2.30. The molecule has 0 spiro atoms. The number of alkyl halides is 3. The molecule has 2 atom stereocenters. The number of rotatable bonds is 4. The molecule has 2 rings (SSSR count). The Kier molecular flexibility index (Phi) is 4.63. The topological polar surface area (TPSA) is 24.9 Å². The number of hydrogen-bond donors (Lipinski definition) is 1. The van der Waals surface area contributed by atoms with Crippen LogP contribution < -0.4 is 5.32 Å². The van der Waals surface area contributed by atoms with E-state index in [4.69, 9.17) is 0 Å². The Morgan fingerprint density at radius 1 is 0.857 bits per heavy atom. The lowest BCUT2D eigenvalue weighted by molar-refractivity contribution is -0.137. The van der Waals surface area contributed by atoms with Crippen LogP contribution >= 0.6 is 0 Å². The quantitative estimate of drug-likeness (QED) is 0.897. The first kappa shape index (κ1) is 15.5. The van der Waals surface area contributed by atoms with E-state index in [0.717, 1.165) is 23.3 Å². The van der Waals surface area contributed by atoms with Crippen molar-refractivity contribution in [1.29, 1.82) is 0 Å². The van der Waals surface area contributed by atoms with Crippen LogP contribution in [0.15, 0.2) is 48.8 Å². The summed E-state index contributed by atoms with van der Waals surface area (Å²) in [5.41, 5.74) is 1.29. The van der Waals surface area contributed by atoms with E-state index in [9.17, 15) is 13.2 Å². The van der Waals surface area contributed by atoms with E-state index >= 15 is 0 Å². The van der Waals surface area contributed by atoms with Crippen LogP contribution in [0.1, 0.15) is 42.6 Å². The van der Waals surface area contributed by atoms with E-state index in [1.807, 2.05) is 26.0 Å². The van der Waals surface area contributed by atoms with E-state index in [0.29, 0.717) is 0 Å². The second kappa shape index (κ2) is 6.26. The number of aromatic nitrogens is 1. The fraction of sp³-hybridized carbons (Fsp3) is 0.312. The van der Waals surface area contributed by atoms with Crippen LogP contribution in [-0.4, -0.2) is 4.98 Å². The minimum absolute atomic E-state index is 0.0459. The third-order valence-corrected chi connectivity index (χ3v) is 3.44. The smallest absolute Gasteiger partial charge is 0.304 e. The highest BCUT2D eigenvalue weighted by atomic mass is 19.4. The number of pyridine rings is 1. The lowest BCUT2D eigenvalue weighted by Crippen LogP contribution is -2.22. The molecule has 0 fully saturated rings. The Morgan fingerprint density at radius 2 is 1.33 bits per heavy atom. The van der Waals surface area contributed by atoms with Crippen LogP contribution in [0.25, 0.3) is 0 Å². The van der Waals surface area contributed by atoms with Gasteiger partial charge >= 0.3 is 6.18 Å². The highest BCUT2D eigenvalue weighted by molar-refractivity contribution is 5.27. The van der Waals surface area contributed by atoms with Gasteiger partial charge in [0, 0.05) is 24.5 Å². The third kappa shape index (κ3) is 4.04. The minimum atomic E-state index is -4.29. The predicted molar refractivity (Wildman–Crippen MR) is 75.6 cm³/mol. The van der Waals surface area contributed by atoms with Gasteiger partial charge in [-0.15, -0.1) is 0 Å². The predicted octanol–water partition coefficient (Wildman–Crippen LogP) is 4.51. The molecule has 1 aromatic carbocycles. The van der Waals surface area contributed by atoms with Crippen LogP contribution in [-0.2, 0) is 6.18 Å². The molecule has 2 nitrogen and oxygen atoms in total. The fourth-order valence-electron chi connectivity index (χ4n) is 2.18. The Balaban J connectivity index is 2.05. The summed E-state index contributed by atoms with van der Waals surface area (Å²) in [6.45, 7) is 3.94. The van der Waals surface area contributed by atoms with Crippen LogP contribution in [0.3, 0.4) is 0 Å². The monoisotopic (exact) mass is 294 g/mol. The van der Waals surface area contributed by atoms with Crippen molar-refractivity contribution in [3.05, 3.63) is 65.5 Å². The molecule has 0 amide bonds. The van der Waals surface area contributed by atoms with Gasteiger partial charge in [0.25, 0.3) is 0 Å². The van der Waals surface area contributed by atoms with Gasteiger partial charge < -0.3 is 5.32 Å². The maximum atomic E-state index is 12.5. The van der Waals surface area contributed by atoms with E-state index < -0.39 is 11.7 Å². The molecular weight excluding hydrogens is 277 g/mol. The summed E-state index contributed by atoms with van der Waals surface area (Å²) >= 11 is 0. The van der Waals surface area contributed by atoms with Crippen molar-refractivity contribution in [2.24, 2.45) is 0 Å². The Labute approximate surface area is 122 Å². The molecular formula is C16H17F3N2. The van der Waals surface area contributed by atoms with E-state index in [1.54, 1.807) is 12.4 Å². The van der Waals surface area contributed by atoms with Crippen molar-refractivity contribution < 1.29 is 13.2 Å². The number of halogens is 3. The van der Waals surface area contributed by atoms with Crippen LogP contribution in [0, 0.1) is 0 Å². The summed E-state index contributed by atoms with van der Waals surface area (Å²) in [6.07, 6.45) is -0.855. The molecule has 0 saturated carbocycles. The van der Waals surface area contributed by atoms with Gasteiger partial charge in [0.1, 0.15) is 0 Å². The first-order valence-electron chi connectivity index (χ1n) is 6.71. The van der Waals surface area contributed by atoms with E-state index in [2.05, 4.69) is 10.3 Å². The Bertz CT molecular complexity index is 564. The summed E-state index contributed by atoms with van der Waals surface area (Å²) in [7, 11) is 0. The molecule has 0 radical (unpaired) electrons. The summed E-state index contributed by atoms with van der Waals surface area (Å²) in [5.74, 6) is 0. The van der Waals surface area contributed by atoms with Crippen LogP contribution in [0.5, 0.6) is 0 Å². The molecule has 1 N–H and O–H groups in total. The lowest BCUT2D eigenvalue weighted by Gasteiger charge is -2.21. The zero-order valence-corrected chi connectivity index (χ0v) is 11.9. The molecule has 2 unspecified atom stereocenters. The largest absolute Gasteiger partial charge is 0.416 e. The SMILES string of the molecule is CC(NC(C)c1ccc(C(F)(F)F)cc1)c1ccncc1. The molecule has 0 saturated heterocycles. The summed E-state index contributed by atoms with van der Waals surface area (Å²) in [5, 5.41) is 3.36. The van der Waals surface area contributed by atoms with Gasteiger partial charge in [-0.3, -0.25) is 4.98 Å². The van der Waals surface area contributed by atoms with Gasteiger partial charge in [-0.05, 0) is 49.2 Å². The number of nitrogens with zero attached hydrogens (tertiary/aromatic N) is 1. The zero-order valence-electron chi connectivity index (χ0n) is 11.9. The third-order valence-electron chi connectivity index (χ3n) is 3.44. The van der Waals surface area contributed by atoms with Crippen LogP contribution in [0.4, 0.5) is 13.2 Å². The van der Waals surface area contributed by atoms with E-state index in [1.165, 1.54) is 12.1 Å². The molecule has 0 aliphatic rings. The second-order valence-corrected chi connectivity index (χ2v) is 5.01. The molecule has 0 bridgehead atoms. The second-order valence-electron chi connectivity index (χ2n) is 5.01. The number of benzene rings is 1. The van der Waals surface area contributed by atoms with Crippen molar-refractivity contribution in [1.82, 2.24) is 10.3 Å². The highest BCUT2D eigenvalue weighted by Gasteiger charge is 2.30. The normalized spacial score (nSPS) is 14.7. The summed E-state index contributed by atoms with van der Waals surface area (Å²) in [4.78, 5) is 3.96. The van der Waals surface area contributed by atoms with Crippen molar-refractivity contribution in [2.45, 2.75) is 32.1 Å². The van der Waals surface area contributed by atoms with Gasteiger partial charge in [0.05, 0.1) is 5.56 Å². The molecule has 2 aromatic rings. The molecule has 1 heterocycles. The molecule has 1 aromatic heterocycles. The maximum Gasteiger partial charge on any atom is 0.416 e. The summed E-state index contributed by atoms with van der Waals surface area (Å²) < 4.78 is 37.6. The van der Waals surface area contributed by atoms with Gasteiger partial charge in [-0.2, -0.15) is 13.2 Å². The minimum Gasteiger partial charge on any atom is -0.304 e. The van der Waals surface area contributed by atoms with Gasteiger partial charge in [-0.1, -0.05) is 12.1 Å². The Hall–Kier alpha value is -1.88.